The van der Waals surface area contributed by atoms with Crippen LogP contribution in [0, 0.1) is 5.82 Å². The lowest BCUT2D eigenvalue weighted by Crippen LogP contribution is -2.18. The highest BCUT2D eigenvalue weighted by Crippen LogP contribution is 2.35. The van der Waals surface area contributed by atoms with Crippen molar-refractivity contribution in [3.8, 4) is 0 Å². The van der Waals surface area contributed by atoms with Gasteiger partial charge in [-0.2, -0.15) is 13.2 Å². The topological polar surface area (TPSA) is 46.2 Å². The largest absolute Gasteiger partial charge is 0.417 e. The maximum Gasteiger partial charge on any atom is 0.417 e. The molecule has 0 unspecified atom stereocenters. The molecule has 1 saturated heterocycles. The highest BCUT2D eigenvalue weighted by atomic mass is 32.2. The van der Waals surface area contributed by atoms with Crippen molar-refractivity contribution in [2.24, 2.45) is 0 Å². The number of amides is 2. The molecule has 1 aromatic rings. The van der Waals surface area contributed by atoms with Gasteiger partial charge in [0.1, 0.15) is 5.82 Å². The first kappa shape index (κ1) is 13.6. The van der Waals surface area contributed by atoms with Gasteiger partial charge in [0.15, 0.2) is 0 Å². The van der Waals surface area contributed by atoms with Crippen molar-refractivity contribution < 1.29 is 27.2 Å². The molecule has 0 aliphatic carbocycles. The molecular formula is C11H5F4NO2S. The van der Waals surface area contributed by atoms with E-state index in [1.54, 1.807) is 0 Å². The fraction of sp³-hybridized carbons (Fsp3) is 0.0909. The number of carbonyl (C=O) groups is 2. The number of hydrogen-bond acceptors (Lipinski definition) is 3. The lowest BCUT2D eigenvalue weighted by molar-refractivity contribution is -0.138. The number of rotatable bonds is 1. The molecule has 8 heteroatoms. The first-order valence-corrected chi connectivity index (χ1v) is 5.70. The average molecular weight is 291 g/mol. The molecule has 0 spiro atoms. The molecule has 0 atom stereocenters. The Morgan fingerprint density at radius 3 is 2.42 bits per heavy atom. The average Bonchev–Trinajstić information content (AvgIpc) is 2.58. The minimum Gasteiger partial charge on any atom is -0.282 e. The number of nitrogens with one attached hydrogen (secondary N) is 1. The van der Waals surface area contributed by atoms with E-state index in [4.69, 9.17) is 0 Å². The van der Waals surface area contributed by atoms with E-state index in [0.717, 1.165) is 18.2 Å². The second kappa shape index (κ2) is 4.69. The van der Waals surface area contributed by atoms with Crippen molar-refractivity contribution in [2.45, 2.75) is 6.18 Å². The van der Waals surface area contributed by atoms with Crippen LogP contribution in [0.1, 0.15) is 11.1 Å². The number of hydrogen-bond donors (Lipinski definition) is 1. The van der Waals surface area contributed by atoms with Crippen LogP contribution in [0.25, 0.3) is 6.08 Å². The molecule has 19 heavy (non-hydrogen) atoms. The van der Waals surface area contributed by atoms with E-state index >= 15 is 0 Å². The third kappa shape index (κ3) is 2.95. The van der Waals surface area contributed by atoms with Gasteiger partial charge >= 0.3 is 6.18 Å². The molecule has 0 bridgehead atoms. The molecule has 0 saturated carbocycles. The predicted octanol–water partition coefficient (Wildman–Crippen LogP) is 3.17. The summed E-state index contributed by atoms with van der Waals surface area (Å²) in [4.78, 5) is 22.0. The van der Waals surface area contributed by atoms with Crippen LogP contribution >= 0.6 is 11.8 Å². The number of imide groups is 1. The summed E-state index contributed by atoms with van der Waals surface area (Å²) in [5, 5.41) is 1.26. The molecular weight excluding hydrogens is 286 g/mol. The fourth-order valence-corrected chi connectivity index (χ4v) is 2.14. The Morgan fingerprint density at radius 2 is 1.89 bits per heavy atom. The van der Waals surface area contributed by atoms with Crippen LogP contribution in [0.5, 0.6) is 0 Å². The minimum absolute atomic E-state index is 0.165. The Kier molecular flexibility index (Phi) is 3.36. The molecule has 1 aliphatic heterocycles. The molecule has 1 fully saturated rings. The van der Waals surface area contributed by atoms with Gasteiger partial charge < -0.3 is 0 Å². The highest BCUT2D eigenvalue weighted by Gasteiger charge is 2.34. The Balaban J connectivity index is 2.49. The van der Waals surface area contributed by atoms with Gasteiger partial charge in [-0.15, -0.1) is 0 Å². The van der Waals surface area contributed by atoms with E-state index in [0.29, 0.717) is 17.8 Å². The van der Waals surface area contributed by atoms with Gasteiger partial charge in [-0.3, -0.25) is 14.9 Å². The molecule has 3 nitrogen and oxygen atoms in total. The first-order chi connectivity index (χ1) is 8.77. The smallest absolute Gasteiger partial charge is 0.282 e. The number of carbonyl (C=O) groups excluding carboxylic acids is 2. The third-order valence-electron chi connectivity index (χ3n) is 2.25. The van der Waals surface area contributed by atoms with Crippen molar-refractivity contribution in [2.75, 3.05) is 0 Å². The van der Waals surface area contributed by atoms with Crippen LogP contribution in [0.4, 0.5) is 22.4 Å². The molecule has 1 heterocycles. The van der Waals surface area contributed by atoms with Crippen molar-refractivity contribution in [1.29, 1.82) is 0 Å². The number of benzene rings is 1. The number of halogens is 4. The van der Waals surface area contributed by atoms with E-state index < -0.39 is 28.7 Å². The molecule has 0 radical (unpaired) electrons. The van der Waals surface area contributed by atoms with Crippen LogP contribution < -0.4 is 5.32 Å². The first-order valence-electron chi connectivity index (χ1n) is 4.89. The monoisotopic (exact) mass is 291 g/mol. The maximum absolute atomic E-state index is 12.9. The Bertz CT molecular complexity index is 595. The van der Waals surface area contributed by atoms with Crippen LogP contribution in [-0.2, 0) is 11.0 Å². The van der Waals surface area contributed by atoms with Crippen molar-refractivity contribution in [1.82, 2.24) is 5.32 Å². The van der Waals surface area contributed by atoms with Gasteiger partial charge in [0.05, 0.1) is 10.5 Å². The summed E-state index contributed by atoms with van der Waals surface area (Å²) in [5.41, 5.74) is -1.58. The van der Waals surface area contributed by atoms with Gasteiger partial charge in [-0.05, 0) is 35.5 Å². The van der Waals surface area contributed by atoms with E-state index in [-0.39, 0.29) is 10.5 Å². The predicted molar refractivity (Wildman–Crippen MR) is 60.5 cm³/mol. The second-order valence-corrected chi connectivity index (χ2v) is 4.60. The van der Waals surface area contributed by atoms with Gasteiger partial charge in [-0.1, -0.05) is 6.07 Å². The zero-order valence-corrected chi connectivity index (χ0v) is 9.86. The van der Waals surface area contributed by atoms with Crippen LogP contribution in [0.3, 0.4) is 0 Å². The summed E-state index contributed by atoms with van der Waals surface area (Å²) in [5.74, 6) is -1.80. The zero-order valence-electron chi connectivity index (χ0n) is 9.05. The van der Waals surface area contributed by atoms with Crippen molar-refractivity contribution in [3.63, 3.8) is 0 Å². The fourth-order valence-electron chi connectivity index (χ4n) is 1.46. The Hall–Kier alpha value is -1.83. The van der Waals surface area contributed by atoms with E-state index in [2.05, 4.69) is 0 Å². The molecule has 1 aromatic carbocycles. The number of thioether (sulfide) groups is 1. The zero-order chi connectivity index (χ0) is 14.2. The molecule has 2 amide bonds. The van der Waals surface area contributed by atoms with Crippen molar-refractivity contribution >= 4 is 29.0 Å². The number of alkyl halides is 3. The standard InChI is InChI=1S/C11H5F4NO2S/c12-6-2-1-5(7(4-6)11(13,14)15)3-8-9(17)16-10(18)19-8/h1-4H,(H,16,17,18)/b8-3-. The molecule has 100 valence electrons. The summed E-state index contributed by atoms with van der Waals surface area (Å²) in [7, 11) is 0. The Labute approximate surface area is 108 Å². The van der Waals surface area contributed by atoms with E-state index in [1.807, 2.05) is 5.32 Å². The normalized spacial score (nSPS) is 18.0. The Morgan fingerprint density at radius 1 is 1.21 bits per heavy atom. The second-order valence-electron chi connectivity index (χ2n) is 3.58. The molecule has 0 aromatic heterocycles. The molecule has 1 N–H and O–H groups in total. The summed E-state index contributed by atoms with van der Waals surface area (Å²) in [6.45, 7) is 0. The van der Waals surface area contributed by atoms with Crippen molar-refractivity contribution in [3.05, 3.63) is 40.0 Å². The van der Waals surface area contributed by atoms with Crippen LogP contribution in [-0.4, -0.2) is 11.1 Å². The van der Waals surface area contributed by atoms with Crippen LogP contribution in [0.2, 0.25) is 0 Å². The van der Waals surface area contributed by atoms with Gasteiger partial charge in [0.25, 0.3) is 11.1 Å². The van der Waals surface area contributed by atoms with Gasteiger partial charge in [0.2, 0.25) is 0 Å². The van der Waals surface area contributed by atoms with Crippen LogP contribution in [0.15, 0.2) is 23.1 Å². The lowest BCUT2D eigenvalue weighted by atomic mass is 10.1. The summed E-state index contributed by atoms with van der Waals surface area (Å²) in [6.07, 6.45) is -3.84. The lowest BCUT2D eigenvalue weighted by Gasteiger charge is -2.10. The van der Waals surface area contributed by atoms with E-state index in [9.17, 15) is 27.2 Å². The van der Waals surface area contributed by atoms with Gasteiger partial charge in [-0.25, -0.2) is 4.39 Å². The molecule has 1 aliphatic rings. The highest BCUT2D eigenvalue weighted by molar-refractivity contribution is 8.18. The van der Waals surface area contributed by atoms with E-state index in [1.165, 1.54) is 0 Å². The minimum atomic E-state index is -4.75. The summed E-state index contributed by atoms with van der Waals surface area (Å²) in [6, 6.07) is 2.09. The molecule has 2 rings (SSSR count). The SMILES string of the molecule is O=C1NC(=O)/C(=C/c2ccc(F)cc2C(F)(F)F)S1. The summed E-state index contributed by atoms with van der Waals surface area (Å²) < 4.78 is 51.0. The summed E-state index contributed by atoms with van der Waals surface area (Å²) >= 11 is 0.492. The third-order valence-corrected chi connectivity index (χ3v) is 3.06. The quantitative estimate of drug-likeness (QED) is 0.638. The maximum atomic E-state index is 12.9. The van der Waals surface area contributed by atoms with Gasteiger partial charge in [0, 0.05) is 0 Å².